The fraction of sp³-hybridized carbons (Fsp3) is 0.312. The van der Waals surface area contributed by atoms with Gasteiger partial charge in [-0.3, -0.25) is 14.9 Å². The van der Waals surface area contributed by atoms with Gasteiger partial charge in [0.25, 0.3) is 11.6 Å². The van der Waals surface area contributed by atoms with Crippen LogP contribution in [0.4, 0.5) is 11.4 Å². The molecule has 7 nitrogen and oxygen atoms in total. The van der Waals surface area contributed by atoms with E-state index in [1.54, 1.807) is 18.2 Å². The first kappa shape index (κ1) is 18.0. The van der Waals surface area contributed by atoms with E-state index in [9.17, 15) is 14.9 Å². The van der Waals surface area contributed by atoms with E-state index in [0.717, 1.165) is 5.76 Å². The molecule has 0 atom stereocenters. The highest BCUT2D eigenvalue weighted by Crippen LogP contribution is 2.26. The molecule has 2 rings (SSSR count). The molecule has 0 aliphatic carbocycles. The van der Waals surface area contributed by atoms with Crippen molar-refractivity contribution in [3.8, 4) is 0 Å². The number of amides is 1. The van der Waals surface area contributed by atoms with Crippen LogP contribution >= 0.6 is 15.9 Å². The molecule has 0 bridgehead atoms. The van der Waals surface area contributed by atoms with Crippen molar-refractivity contribution in [2.75, 3.05) is 11.9 Å². The average Bonchev–Trinajstić information content (AvgIpc) is 2.92. The zero-order valence-corrected chi connectivity index (χ0v) is 14.9. The number of carbonyl (C=O) groups excluding carboxylic acids is 1. The van der Waals surface area contributed by atoms with Crippen LogP contribution in [0.5, 0.6) is 0 Å². The predicted molar refractivity (Wildman–Crippen MR) is 94.3 cm³/mol. The third kappa shape index (κ3) is 4.82. The van der Waals surface area contributed by atoms with E-state index in [0.29, 0.717) is 23.3 Å². The maximum Gasteiger partial charge on any atom is 0.293 e. The number of nitrogens with one attached hydrogen (secondary N) is 2. The number of benzene rings is 1. The van der Waals surface area contributed by atoms with Crippen molar-refractivity contribution < 1.29 is 14.1 Å². The summed E-state index contributed by atoms with van der Waals surface area (Å²) in [6.45, 7) is 4.13. The summed E-state index contributed by atoms with van der Waals surface area (Å²) in [6.07, 6.45) is 0.582. The van der Waals surface area contributed by atoms with Crippen LogP contribution < -0.4 is 10.6 Å². The Balaban J connectivity index is 2.08. The standard InChI is InChI=1S/C16H18BrN3O4/c1-10(2)19-16(21)11-3-5-13(14(9-11)20(22)23)18-8-7-12-4-6-15(17)24-12/h3-6,9-10,18H,7-8H2,1-2H3,(H,19,21). The lowest BCUT2D eigenvalue weighted by atomic mass is 10.1. The number of carbonyl (C=O) groups is 1. The van der Waals surface area contributed by atoms with E-state index >= 15 is 0 Å². The quantitative estimate of drug-likeness (QED) is 0.549. The van der Waals surface area contributed by atoms with Crippen LogP contribution in [0.3, 0.4) is 0 Å². The molecule has 0 aliphatic heterocycles. The van der Waals surface area contributed by atoms with Crippen LogP contribution in [0, 0.1) is 10.1 Å². The van der Waals surface area contributed by atoms with Gasteiger partial charge in [0.05, 0.1) is 4.92 Å². The third-order valence-electron chi connectivity index (χ3n) is 3.19. The van der Waals surface area contributed by atoms with Crippen molar-refractivity contribution in [2.24, 2.45) is 0 Å². The minimum absolute atomic E-state index is 0.0398. The molecule has 0 aliphatic rings. The summed E-state index contributed by atoms with van der Waals surface area (Å²) >= 11 is 3.22. The van der Waals surface area contributed by atoms with Gasteiger partial charge < -0.3 is 15.1 Å². The minimum atomic E-state index is -0.502. The number of hydrogen-bond acceptors (Lipinski definition) is 5. The molecule has 1 aromatic heterocycles. The molecule has 24 heavy (non-hydrogen) atoms. The number of nitro benzene ring substituents is 1. The van der Waals surface area contributed by atoms with Crippen molar-refractivity contribution in [2.45, 2.75) is 26.3 Å². The number of furan rings is 1. The Hall–Kier alpha value is -2.35. The van der Waals surface area contributed by atoms with Gasteiger partial charge in [0, 0.05) is 30.6 Å². The SMILES string of the molecule is CC(C)NC(=O)c1ccc(NCCc2ccc(Br)o2)c([N+](=O)[O-])c1. The van der Waals surface area contributed by atoms with E-state index in [-0.39, 0.29) is 23.2 Å². The maximum absolute atomic E-state index is 12.0. The van der Waals surface area contributed by atoms with Gasteiger partial charge in [0.2, 0.25) is 0 Å². The highest BCUT2D eigenvalue weighted by atomic mass is 79.9. The van der Waals surface area contributed by atoms with Crippen LogP contribution in [0.25, 0.3) is 0 Å². The molecule has 0 spiro atoms. The molecule has 0 saturated carbocycles. The molecule has 0 saturated heterocycles. The number of nitrogens with zero attached hydrogens (tertiary/aromatic N) is 1. The van der Waals surface area contributed by atoms with Crippen molar-refractivity contribution in [1.82, 2.24) is 5.32 Å². The van der Waals surface area contributed by atoms with E-state index in [4.69, 9.17) is 4.42 Å². The lowest BCUT2D eigenvalue weighted by Gasteiger charge is -2.10. The summed E-state index contributed by atoms with van der Waals surface area (Å²) in [7, 11) is 0. The van der Waals surface area contributed by atoms with E-state index < -0.39 is 4.92 Å². The fourth-order valence-electron chi connectivity index (χ4n) is 2.13. The number of halogens is 1. The number of anilines is 1. The Morgan fingerprint density at radius 1 is 1.33 bits per heavy atom. The Morgan fingerprint density at radius 2 is 2.08 bits per heavy atom. The number of nitro groups is 1. The summed E-state index contributed by atoms with van der Waals surface area (Å²) in [6, 6.07) is 7.98. The molecule has 0 unspecified atom stereocenters. The lowest BCUT2D eigenvalue weighted by molar-refractivity contribution is -0.384. The summed E-state index contributed by atoms with van der Waals surface area (Å²) in [5.74, 6) is 0.435. The monoisotopic (exact) mass is 395 g/mol. The minimum Gasteiger partial charge on any atom is -0.454 e. The van der Waals surface area contributed by atoms with Gasteiger partial charge in [-0.05, 0) is 54.0 Å². The van der Waals surface area contributed by atoms with Crippen molar-refractivity contribution in [1.29, 1.82) is 0 Å². The van der Waals surface area contributed by atoms with Crippen molar-refractivity contribution >= 4 is 33.2 Å². The normalized spacial score (nSPS) is 10.7. The predicted octanol–water partition coefficient (Wildman–Crippen LogP) is 3.74. The number of rotatable bonds is 7. The van der Waals surface area contributed by atoms with Crippen molar-refractivity contribution in [3.05, 3.63) is 56.4 Å². The summed E-state index contributed by atoms with van der Waals surface area (Å²) in [5, 5.41) is 17.0. The smallest absolute Gasteiger partial charge is 0.293 e. The second-order valence-electron chi connectivity index (χ2n) is 5.50. The highest BCUT2D eigenvalue weighted by molar-refractivity contribution is 9.10. The largest absolute Gasteiger partial charge is 0.454 e. The summed E-state index contributed by atoms with van der Waals surface area (Å²) < 4.78 is 6.02. The van der Waals surface area contributed by atoms with Gasteiger partial charge in [-0.1, -0.05) is 0 Å². The van der Waals surface area contributed by atoms with E-state index in [1.807, 2.05) is 19.9 Å². The Labute approximate surface area is 147 Å². The van der Waals surface area contributed by atoms with Crippen molar-refractivity contribution in [3.63, 3.8) is 0 Å². The van der Waals surface area contributed by atoms with Crippen LogP contribution in [0.2, 0.25) is 0 Å². The molecule has 2 aromatic rings. The third-order valence-corrected chi connectivity index (χ3v) is 3.62. The van der Waals surface area contributed by atoms with Gasteiger partial charge in [0.15, 0.2) is 4.67 Å². The van der Waals surface area contributed by atoms with E-state index in [1.165, 1.54) is 6.07 Å². The summed E-state index contributed by atoms with van der Waals surface area (Å²) in [5.41, 5.74) is 0.495. The molecule has 1 amide bonds. The van der Waals surface area contributed by atoms with Gasteiger partial charge in [0.1, 0.15) is 11.4 Å². The maximum atomic E-state index is 12.0. The topological polar surface area (TPSA) is 97.4 Å². The number of hydrogen-bond donors (Lipinski definition) is 2. The molecule has 1 heterocycles. The lowest BCUT2D eigenvalue weighted by Crippen LogP contribution is -2.30. The molecular formula is C16H18BrN3O4. The first-order chi connectivity index (χ1) is 11.4. The first-order valence-corrected chi connectivity index (χ1v) is 8.23. The zero-order chi connectivity index (χ0) is 17.7. The fourth-order valence-corrected chi connectivity index (χ4v) is 2.47. The van der Waals surface area contributed by atoms with Gasteiger partial charge >= 0.3 is 0 Å². The highest BCUT2D eigenvalue weighted by Gasteiger charge is 2.18. The molecule has 1 aromatic carbocycles. The molecular weight excluding hydrogens is 378 g/mol. The van der Waals surface area contributed by atoms with Crippen LogP contribution in [-0.4, -0.2) is 23.4 Å². The molecule has 8 heteroatoms. The van der Waals surface area contributed by atoms with Gasteiger partial charge in [-0.15, -0.1) is 0 Å². The van der Waals surface area contributed by atoms with E-state index in [2.05, 4.69) is 26.6 Å². The first-order valence-electron chi connectivity index (χ1n) is 7.44. The molecule has 2 N–H and O–H groups in total. The zero-order valence-electron chi connectivity index (χ0n) is 13.3. The van der Waals surface area contributed by atoms with Gasteiger partial charge in [-0.25, -0.2) is 0 Å². The van der Waals surface area contributed by atoms with Crippen LogP contribution in [-0.2, 0) is 6.42 Å². The Morgan fingerprint density at radius 3 is 2.67 bits per heavy atom. The Kier molecular flexibility index (Phi) is 5.97. The summed E-state index contributed by atoms with van der Waals surface area (Å²) in [4.78, 5) is 22.7. The second-order valence-corrected chi connectivity index (χ2v) is 6.28. The molecule has 128 valence electrons. The van der Waals surface area contributed by atoms with Crippen LogP contribution in [0.15, 0.2) is 39.4 Å². The molecule has 0 fully saturated rings. The van der Waals surface area contributed by atoms with Crippen LogP contribution in [0.1, 0.15) is 30.0 Å². The second kappa shape index (κ2) is 7.96. The Bertz CT molecular complexity index is 743. The molecule has 0 radical (unpaired) electrons. The average molecular weight is 396 g/mol. The van der Waals surface area contributed by atoms with Gasteiger partial charge in [-0.2, -0.15) is 0 Å².